The molecule has 0 bridgehead atoms. The van der Waals surface area contributed by atoms with Crippen molar-refractivity contribution in [1.29, 1.82) is 0 Å². The predicted octanol–water partition coefficient (Wildman–Crippen LogP) is 3.33. The lowest BCUT2D eigenvalue weighted by molar-refractivity contribution is -0.145. The molecule has 0 radical (unpaired) electrons. The van der Waals surface area contributed by atoms with E-state index < -0.39 is 11.8 Å². The summed E-state index contributed by atoms with van der Waals surface area (Å²) in [6.07, 6.45) is 2.95. The summed E-state index contributed by atoms with van der Waals surface area (Å²) in [5.41, 5.74) is 0.349. The van der Waals surface area contributed by atoms with Gasteiger partial charge < -0.3 is 10.2 Å². The van der Waals surface area contributed by atoms with Crippen molar-refractivity contribution in [1.82, 2.24) is 4.90 Å². The molecule has 2 amide bonds. The molecule has 4 nitrogen and oxygen atoms in total. The average Bonchev–Trinajstić information content (AvgIpc) is 2.42. The number of rotatable bonds is 1. The van der Waals surface area contributed by atoms with Gasteiger partial charge in [-0.25, -0.2) is 0 Å². The van der Waals surface area contributed by atoms with Crippen LogP contribution in [0.1, 0.15) is 26.2 Å². The third-order valence-corrected chi connectivity index (χ3v) is 4.00. The Bertz CT molecular complexity index is 534. The van der Waals surface area contributed by atoms with Crippen LogP contribution in [-0.4, -0.2) is 29.3 Å². The summed E-state index contributed by atoms with van der Waals surface area (Å²) >= 11 is 11.8. The number of halogens is 2. The Balaban J connectivity index is 2.07. The highest BCUT2D eigenvalue weighted by atomic mass is 35.5. The number of nitrogens with one attached hydrogen (secondary N) is 1. The lowest BCUT2D eigenvalue weighted by Crippen LogP contribution is -2.47. The van der Waals surface area contributed by atoms with E-state index in [1.807, 2.05) is 6.92 Å². The van der Waals surface area contributed by atoms with E-state index in [1.165, 1.54) is 6.07 Å². The van der Waals surface area contributed by atoms with Crippen molar-refractivity contribution in [2.75, 3.05) is 11.9 Å². The molecule has 20 heavy (non-hydrogen) atoms. The predicted molar refractivity (Wildman–Crippen MR) is 80.1 cm³/mol. The van der Waals surface area contributed by atoms with Gasteiger partial charge in [-0.3, -0.25) is 9.59 Å². The second kappa shape index (κ2) is 6.46. The number of hydrogen-bond acceptors (Lipinski definition) is 2. The van der Waals surface area contributed by atoms with Crippen molar-refractivity contribution >= 4 is 40.7 Å². The van der Waals surface area contributed by atoms with E-state index in [2.05, 4.69) is 5.32 Å². The Labute approximate surface area is 128 Å². The summed E-state index contributed by atoms with van der Waals surface area (Å²) in [5, 5.41) is 3.32. The Morgan fingerprint density at radius 1 is 1.30 bits per heavy atom. The molecule has 0 aliphatic carbocycles. The largest absolute Gasteiger partial charge is 0.332 e. The summed E-state index contributed by atoms with van der Waals surface area (Å²) in [7, 11) is 0. The van der Waals surface area contributed by atoms with Gasteiger partial charge in [-0.2, -0.15) is 0 Å². The van der Waals surface area contributed by atoms with Crippen molar-refractivity contribution < 1.29 is 9.59 Å². The molecule has 1 fully saturated rings. The molecule has 2 rings (SSSR count). The zero-order valence-electron chi connectivity index (χ0n) is 11.2. The first-order valence-corrected chi connectivity index (χ1v) is 7.31. The van der Waals surface area contributed by atoms with Gasteiger partial charge in [-0.15, -0.1) is 0 Å². The maximum atomic E-state index is 12.1. The standard InChI is InChI=1S/C14H16Cl2N2O2/c1-9-4-2-3-7-18(9)14(20)13(19)17-12-8-10(15)5-6-11(12)16/h5-6,8-9H,2-4,7H2,1H3,(H,17,19). The molecule has 1 aromatic rings. The SMILES string of the molecule is CC1CCCCN1C(=O)C(=O)Nc1cc(Cl)ccc1Cl. The summed E-state index contributed by atoms with van der Waals surface area (Å²) in [5.74, 6) is -1.20. The van der Waals surface area contributed by atoms with Crippen LogP contribution in [0, 0.1) is 0 Å². The lowest BCUT2D eigenvalue weighted by atomic mass is 10.0. The lowest BCUT2D eigenvalue weighted by Gasteiger charge is -2.32. The van der Waals surface area contributed by atoms with Crippen molar-refractivity contribution in [2.24, 2.45) is 0 Å². The number of hydrogen-bond donors (Lipinski definition) is 1. The highest BCUT2D eigenvalue weighted by Crippen LogP contribution is 2.25. The molecule has 1 N–H and O–H groups in total. The highest BCUT2D eigenvalue weighted by molar-refractivity contribution is 6.42. The fraction of sp³-hybridized carbons (Fsp3) is 0.429. The maximum absolute atomic E-state index is 12.1. The number of piperidine rings is 1. The molecule has 1 aromatic carbocycles. The number of carbonyl (C=O) groups excluding carboxylic acids is 2. The van der Waals surface area contributed by atoms with E-state index in [1.54, 1.807) is 17.0 Å². The van der Waals surface area contributed by atoms with Crippen molar-refractivity contribution in [2.45, 2.75) is 32.2 Å². The van der Waals surface area contributed by atoms with E-state index in [-0.39, 0.29) is 6.04 Å². The molecule has 1 saturated heterocycles. The van der Waals surface area contributed by atoms with Gasteiger partial charge in [-0.1, -0.05) is 23.2 Å². The first-order valence-electron chi connectivity index (χ1n) is 6.56. The van der Waals surface area contributed by atoms with E-state index in [0.717, 1.165) is 19.3 Å². The number of carbonyl (C=O) groups is 2. The monoisotopic (exact) mass is 314 g/mol. The molecule has 108 valence electrons. The quantitative estimate of drug-likeness (QED) is 0.808. The van der Waals surface area contributed by atoms with Gasteiger partial charge in [0.25, 0.3) is 0 Å². The summed E-state index contributed by atoms with van der Waals surface area (Å²) < 4.78 is 0. The number of benzene rings is 1. The fourth-order valence-corrected chi connectivity index (χ4v) is 2.64. The van der Waals surface area contributed by atoms with E-state index in [4.69, 9.17) is 23.2 Å². The van der Waals surface area contributed by atoms with Crippen molar-refractivity contribution in [3.63, 3.8) is 0 Å². The Hall–Kier alpha value is -1.26. The second-order valence-electron chi connectivity index (χ2n) is 4.92. The molecule has 0 saturated carbocycles. The molecule has 1 heterocycles. The molecule has 0 aromatic heterocycles. The summed E-state index contributed by atoms with van der Waals surface area (Å²) in [4.78, 5) is 25.8. The molecule has 1 aliphatic heterocycles. The normalized spacial score (nSPS) is 18.8. The van der Waals surface area contributed by atoms with Crippen LogP contribution in [-0.2, 0) is 9.59 Å². The second-order valence-corrected chi connectivity index (χ2v) is 5.77. The third-order valence-electron chi connectivity index (χ3n) is 3.43. The van der Waals surface area contributed by atoms with Crippen LogP contribution in [0.15, 0.2) is 18.2 Å². The van der Waals surface area contributed by atoms with Crippen LogP contribution in [0.25, 0.3) is 0 Å². The average molecular weight is 315 g/mol. The van der Waals surface area contributed by atoms with Crippen LogP contribution in [0.3, 0.4) is 0 Å². The van der Waals surface area contributed by atoms with Gasteiger partial charge >= 0.3 is 11.8 Å². The van der Waals surface area contributed by atoms with Gasteiger partial charge in [0, 0.05) is 17.6 Å². The summed E-state index contributed by atoms with van der Waals surface area (Å²) in [6, 6.07) is 4.81. The zero-order chi connectivity index (χ0) is 14.7. The molecular formula is C14H16Cl2N2O2. The van der Waals surface area contributed by atoms with E-state index in [0.29, 0.717) is 22.3 Å². The Kier molecular flexibility index (Phi) is 4.89. The van der Waals surface area contributed by atoms with Crippen LogP contribution < -0.4 is 5.32 Å². The molecule has 1 unspecified atom stereocenters. The van der Waals surface area contributed by atoms with Gasteiger partial charge in [0.15, 0.2) is 0 Å². The van der Waals surface area contributed by atoms with Gasteiger partial charge in [0.1, 0.15) is 0 Å². The minimum atomic E-state index is -0.678. The molecular weight excluding hydrogens is 299 g/mol. The minimum absolute atomic E-state index is 0.0943. The Morgan fingerprint density at radius 3 is 2.75 bits per heavy atom. The molecule has 6 heteroatoms. The third kappa shape index (κ3) is 3.44. The van der Waals surface area contributed by atoms with Crippen LogP contribution >= 0.6 is 23.2 Å². The number of amides is 2. The van der Waals surface area contributed by atoms with Crippen LogP contribution in [0.4, 0.5) is 5.69 Å². The maximum Gasteiger partial charge on any atom is 0.313 e. The first kappa shape index (κ1) is 15.1. The molecule has 1 aliphatic rings. The van der Waals surface area contributed by atoms with Crippen LogP contribution in [0.2, 0.25) is 10.0 Å². The van der Waals surface area contributed by atoms with Crippen molar-refractivity contribution in [3.05, 3.63) is 28.2 Å². The topological polar surface area (TPSA) is 49.4 Å². The van der Waals surface area contributed by atoms with Crippen LogP contribution in [0.5, 0.6) is 0 Å². The minimum Gasteiger partial charge on any atom is -0.332 e. The molecule has 0 spiro atoms. The number of likely N-dealkylation sites (tertiary alicyclic amines) is 1. The molecule has 1 atom stereocenters. The number of anilines is 1. The van der Waals surface area contributed by atoms with Gasteiger partial charge in [0.05, 0.1) is 10.7 Å². The Morgan fingerprint density at radius 2 is 2.05 bits per heavy atom. The fourth-order valence-electron chi connectivity index (χ4n) is 2.30. The first-order chi connectivity index (χ1) is 9.49. The van der Waals surface area contributed by atoms with Gasteiger partial charge in [0.2, 0.25) is 0 Å². The summed E-state index contributed by atoms with van der Waals surface area (Å²) in [6.45, 7) is 2.58. The van der Waals surface area contributed by atoms with Gasteiger partial charge in [-0.05, 0) is 44.4 Å². The van der Waals surface area contributed by atoms with E-state index in [9.17, 15) is 9.59 Å². The zero-order valence-corrected chi connectivity index (χ0v) is 12.7. The number of nitrogens with zero attached hydrogens (tertiary/aromatic N) is 1. The van der Waals surface area contributed by atoms with E-state index >= 15 is 0 Å². The highest BCUT2D eigenvalue weighted by Gasteiger charge is 2.28. The smallest absolute Gasteiger partial charge is 0.313 e. The van der Waals surface area contributed by atoms with Crippen molar-refractivity contribution in [3.8, 4) is 0 Å².